The summed E-state index contributed by atoms with van der Waals surface area (Å²) in [5.74, 6) is 0.221. The van der Waals surface area contributed by atoms with Crippen LogP contribution in [-0.2, 0) is 0 Å². The summed E-state index contributed by atoms with van der Waals surface area (Å²) < 4.78 is 2.88. The van der Waals surface area contributed by atoms with Crippen molar-refractivity contribution in [3.8, 4) is 17.0 Å². The van der Waals surface area contributed by atoms with E-state index in [4.69, 9.17) is 5.10 Å². The molecule has 1 N–H and O–H groups in total. The Hall–Kier alpha value is -2.18. The maximum Gasteiger partial charge on any atom is 0.206 e. The molecule has 0 saturated heterocycles. The molecule has 0 spiro atoms. The van der Waals surface area contributed by atoms with Crippen molar-refractivity contribution >= 4 is 33.0 Å². The average Bonchev–Trinajstić information content (AvgIpc) is 2.99. The number of benzene rings is 2. The number of aromatic nitrogens is 1. The van der Waals surface area contributed by atoms with Gasteiger partial charge in [0.25, 0.3) is 0 Å². The van der Waals surface area contributed by atoms with E-state index < -0.39 is 0 Å². The van der Waals surface area contributed by atoms with Gasteiger partial charge in [0.2, 0.25) is 4.80 Å². The van der Waals surface area contributed by atoms with E-state index in [1.807, 2.05) is 54.9 Å². The van der Waals surface area contributed by atoms with Crippen molar-refractivity contribution in [2.24, 2.45) is 10.1 Å². The quantitative estimate of drug-likeness (QED) is 0.606. The molecule has 0 unspecified atom stereocenters. The average molecular weight is 416 g/mol. The number of thiazole rings is 1. The molecule has 0 saturated carbocycles. The topological polar surface area (TPSA) is 49.9 Å². The number of halogens is 1. The summed E-state index contributed by atoms with van der Waals surface area (Å²) in [6.07, 6.45) is 0. The third kappa shape index (κ3) is 3.91. The normalized spacial score (nSPS) is 12.6. The van der Waals surface area contributed by atoms with E-state index >= 15 is 0 Å². The van der Waals surface area contributed by atoms with Gasteiger partial charge in [0.05, 0.1) is 11.4 Å². The summed E-state index contributed by atoms with van der Waals surface area (Å²) in [5.41, 5.74) is 3.48. The summed E-state index contributed by atoms with van der Waals surface area (Å²) in [6, 6.07) is 15.3. The lowest BCUT2D eigenvalue weighted by Crippen LogP contribution is -2.14. The molecule has 0 aliphatic carbocycles. The molecule has 0 aliphatic heterocycles. The number of rotatable bonds is 4. The first-order valence-electron chi connectivity index (χ1n) is 7.91. The Bertz CT molecular complexity index is 971. The molecule has 6 heteroatoms. The van der Waals surface area contributed by atoms with E-state index in [-0.39, 0.29) is 5.75 Å². The van der Waals surface area contributed by atoms with E-state index in [1.165, 1.54) is 0 Å². The van der Waals surface area contributed by atoms with Crippen LogP contribution in [0.1, 0.15) is 19.4 Å². The summed E-state index contributed by atoms with van der Waals surface area (Å²) in [6.45, 7) is 4.58. The Balaban J connectivity index is 2.15. The molecule has 0 radical (unpaired) electrons. The molecule has 0 aliphatic rings. The molecule has 3 aromatic rings. The lowest BCUT2D eigenvalue weighted by atomic mass is 10.1. The molecule has 25 heavy (non-hydrogen) atoms. The Morgan fingerprint density at radius 1 is 1.16 bits per heavy atom. The van der Waals surface area contributed by atoms with Gasteiger partial charge >= 0.3 is 0 Å². The molecule has 2 aromatic carbocycles. The summed E-state index contributed by atoms with van der Waals surface area (Å²) in [5, 5.41) is 16.9. The van der Waals surface area contributed by atoms with Crippen LogP contribution in [0.2, 0.25) is 0 Å². The largest absolute Gasteiger partial charge is 0.507 e. The number of phenolic OH excluding ortho intramolecular Hbond substituents is 1. The van der Waals surface area contributed by atoms with Crippen molar-refractivity contribution in [1.82, 2.24) is 4.68 Å². The van der Waals surface area contributed by atoms with Gasteiger partial charge in [-0.1, -0.05) is 40.2 Å². The molecule has 0 amide bonds. The minimum Gasteiger partial charge on any atom is -0.507 e. The van der Waals surface area contributed by atoms with Gasteiger partial charge in [-0.25, -0.2) is 4.68 Å². The summed E-state index contributed by atoms with van der Waals surface area (Å²) in [4.78, 5) is 5.37. The van der Waals surface area contributed by atoms with Gasteiger partial charge in [-0.05, 0) is 38.1 Å². The van der Waals surface area contributed by atoms with Crippen LogP contribution in [0.25, 0.3) is 11.3 Å². The van der Waals surface area contributed by atoms with Gasteiger partial charge in [0.15, 0.2) is 0 Å². The number of hydrogen-bond donors (Lipinski definition) is 1. The molecular formula is C19H18BrN3OS. The second kappa shape index (κ2) is 7.80. The summed E-state index contributed by atoms with van der Waals surface area (Å²) in [7, 11) is 0. The fraction of sp³-hybridized carbons (Fsp3) is 0.158. The molecular weight excluding hydrogens is 398 g/mol. The van der Waals surface area contributed by atoms with E-state index in [0.29, 0.717) is 12.1 Å². The van der Waals surface area contributed by atoms with E-state index in [0.717, 1.165) is 26.2 Å². The molecule has 0 bridgehead atoms. The minimum atomic E-state index is 0.221. The molecule has 0 atom stereocenters. The number of aromatic hydroxyl groups is 1. The van der Waals surface area contributed by atoms with Gasteiger partial charge in [-0.2, -0.15) is 5.10 Å². The SMILES string of the molecule is CCN=c1scc(-c2ccc(Br)cc2)n1N=C(C)c1ccccc1O. The van der Waals surface area contributed by atoms with Crippen LogP contribution in [0.5, 0.6) is 5.75 Å². The highest BCUT2D eigenvalue weighted by Crippen LogP contribution is 2.23. The number of hydrogen-bond acceptors (Lipinski definition) is 4. The van der Waals surface area contributed by atoms with Crippen LogP contribution in [0.3, 0.4) is 0 Å². The van der Waals surface area contributed by atoms with Crippen molar-refractivity contribution in [3.63, 3.8) is 0 Å². The van der Waals surface area contributed by atoms with Crippen LogP contribution in [0.4, 0.5) is 0 Å². The van der Waals surface area contributed by atoms with E-state index in [1.54, 1.807) is 23.5 Å². The fourth-order valence-corrected chi connectivity index (χ4v) is 3.60. The predicted octanol–water partition coefficient (Wildman–Crippen LogP) is 4.88. The molecule has 0 fully saturated rings. The standard InChI is InChI=1S/C19H18BrN3OS/c1-3-21-19-23(22-13(2)16-6-4-5-7-18(16)24)17(12-25-19)14-8-10-15(20)11-9-14/h4-12,24H,3H2,1-2H3. The molecule has 128 valence electrons. The Kier molecular flexibility index (Phi) is 5.50. The Labute approximate surface area is 158 Å². The van der Waals surface area contributed by atoms with Crippen molar-refractivity contribution in [3.05, 3.63) is 68.7 Å². The van der Waals surface area contributed by atoms with Crippen LogP contribution >= 0.6 is 27.3 Å². The van der Waals surface area contributed by atoms with Crippen molar-refractivity contribution in [1.29, 1.82) is 0 Å². The van der Waals surface area contributed by atoms with Gasteiger partial charge in [0.1, 0.15) is 5.75 Å². The summed E-state index contributed by atoms with van der Waals surface area (Å²) >= 11 is 5.02. The lowest BCUT2D eigenvalue weighted by Gasteiger charge is -2.07. The first kappa shape index (κ1) is 17.6. The minimum absolute atomic E-state index is 0.221. The molecule has 1 aromatic heterocycles. The number of phenols is 1. The second-order valence-electron chi connectivity index (χ2n) is 5.40. The number of nitrogens with zero attached hydrogens (tertiary/aromatic N) is 3. The third-order valence-corrected chi connectivity index (χ3v) is 5.05. The van der Waals surface area contributed by atoms with Gasteiger partial charge in [0, 0.05) is 27.5 Å². The maximum atomic E-state index is 10.1. The first-order valence-corrected chi connectivity index (χ1v) is 9.58. The Morgan fingerprint density at radius 2 is 1.88 bits per heavy atom. The monoisotopic (exact) mass is 415 g/mol. The zero-order valence-electron chi connectivity index (χ0n) is 14.0. The molecule has 1 heterocycles. The van der Waals surface area contributed by atoms with E-state index in [2.05, 4.69) is 26.3 Å². The van der Waals surface area contributed by atoms with Gasteiger partial charge in [-0.15, -0.1) is 11.3 Å². The Morgan fingerprint density at radius 3 is 2.56 bits per heavy atom. The molecule has 4 nitrogen and oxygen atoms in total. The predicted molar refractivity (Wildman–Crippen MR) is 107 cm³/mol. The fourth-order valence-electron chi connectivity index (χ4n) is 2.44. The first-order chi connectivity index (χ1) is 12.1. The number of para-hydroxylation sites is 1. The van der Waals surface area contributed by atoms with Crippen LogP contribution < -0.4 is 4.80 Å². The van der Waals surface area contributed by atoms with Crippen LogP contribution in [0.15, 0.2) is 68.5 Å². The van der Waals surface area contributed by atoms with Crippen molar-refractivity contribution < 1.29 is 5.11 Å². The highest BCUT2D eigenvalue weighted by atomic mass is 79.9. The van der Waals surface area contributed by atoms with Crippen LogP contribution in [-0.4, -0.2) is 22.0 Å². The zero-order valence-corrected chi connectivity index (χ0v) is 16.4. The lowest BCUT2D eigenvalue weighted by molar-refractivity contribution is 0.474. The van der Waals surface area contributed by atoms with Crippen molar-refractivity contribution in [2.45, 2.75) is 13.8 Å². The highest BCUT2D eigenvalue weighted by Gasteiger charge is 2.10. The van der Waals surface area contributed by atoms with E-state index in [9.17, 15) is 5.11 Å². The van der Waals surface area contributed by atoms with Gasteiger partial charge < -0.3 is 5.11 Å². The van der Waals surface area contributed by atoms with Crippen LogP contribution in [0, 0.1) is 0 Å². The highest BCUT2D eigenvalue weighted by molar-refractivity contribution is 9.10. The zero-order chi connectivity index (χ0) is 17.8. The molecule has 3 rings (SSSR count). The maximum absolute atomic E-state index is 10.1. The third-order valence-electron chi connectivity index (χ3n) is 3.66. The van der Waals surface area contributed by atoms with Crippen molar-refractivity contribution in [2.75, 3.05) is 6.54 Å². The van der Waals surface area contributed by atoms with Gasteiger partial charge in [-0.3, -0.25) is 4.99 Å². The smallest absolute Gasteiger partial charge is 0.206 e. The second-order valence-corrected chi connectivity index (χ2v) is 7.15.